The summed E-state index contributed by atoms with van der Waals surface area (Å²) >= 11 is 0. The maximum atomic E-state index is 13.6. The first-order valence-electron chi connectivity index (χ1n) is 14.2. The van der Waals surface area contributed by atoms with Crippen LogP contribution in [0.5, 0.6) is 0 Å². The van der Waals surface area contributed by atoms with Gasteiger partial charge in [-0.25, -0.2) is 4.39 Å². The van der Waals surface area contributed by atoms with Crippen molar-refractivity contribution in [1.29, 1.82) is 0 Å². The van der Waals surface area contributed by atoms with Crippen molar-refractivity contribution in [3.05, 3.63) is 95.1 Å². The number of hydrogen-bond donors (Lipinski definition) is 1. The zero-order chi connectivity index (χ0) is 31.4. The molecule has 3 aromatic rings. The van der Waals surface area contributed by atoms with E-state index in [0.717, 1.165) is 20.9 Å². The number of imide groups is 2. The molecule has 2 atom stereocenters. The van der Waals surface area contributed by atoms with Crippen LogP contribution in [0.2, 0.25) is 0 Å². The Morgan fingerprint density at radius 1 is 1.05 bits per heavy atom. The third-order valence-electron chi connectivity index (χ3n) is 7.87. The van der Waals surface area contributed by atoms with Gasteiger partial charge in [0.1, 0.15) is 11.9 Å². The van der Waals surface area contributed by atoms with Gasteiger partial charge in [-0.1, -0.05) is 24.3 Å². The molecule has 0 spiro atoms. The number of nitrogens with one attached hydrogen (secondary N) is 1. The summed E-state index contributed by atoms with van der Waals surface area (Å²) in [5.74, 6) is -2.63. The molecule has 0 aliphatic carbocycles. The van der Waals surface area contributed by atoms with Crippen LogP contribution in [0, 0.1) is 5.82 Å². The number of fused-ring (bicyclic) bond motifs is 1. The lowest BCUT2D eigenvalue weighted by Gasteiger charge is -2.32. The summed E-state index contributed by atoms with van der Waals surface area (Å²) < 4.78 is 19.2. The number of carbonyl (C=O) groups is 5. The van der Waals surface area contributed by atoms with Crippen molar-refractivity contribution in [2.75, 3.05) is 39.2 Å². The first-order chi connectivity index (χ1) is 21.2. The number of hydrogen-bond acceptors (Lipinski definition) is 8. The molecule has 2 unspecified atom stereocenters. The fourth-order valence-electron chi connectivity index (χ4n) is 5.53. The van der Waals surface area contributed by atoms with Gasteiger partial charge in [0, 0.05) is 45.1 Å². The Balaban J connectivity index is 1.15. The van der Waals surface area contributed by atoms with Crippen molar-refractivity contribution in [3.63, 3.8) is 0 Å². The Morgan fingerprint density at radius 3 is 2.55 bits per heavy atom. The van der Waals surface area contributed by atoms with Gasteiger partial charge >= 0.3 is 0 Å². The van der Waals surface area contributed by atoms with Crippen LogP contribution in [-0.4, -0.2) is 89.1 Å². The van der Waals surface area contributed by atoms with E-state index in [9.17, 15) is 28.4 Å². The lowest BCUT2D eigenvalue weighted by atomic mass is 9.98. The minimum atomic E-state index is -1.03. The number of likely N-dealkylation sites (tertiary alicyclic amines) is 1. The molecular formula is C32H32FN5O6. The third kappa shape index (κ3) is 6.06. The molecule has 12 heteroatoms. The summed E-state index contributed by atoms with van der Waals surface area (Å²) in [6, 6.07) is 13.0. The Labute approximate surface area is 253 Å². The minimum absolute atomic E-state index is 0.0669. The molecule has 5 amide bonds. The van der Waals surface area contributed by atoms with Crippen LogP contribution in [0.25, 0.3) is 0 Å². The van der Waals surface area contributed by atoms with E-state index in [1.807, 2.05) is 6.07 Å². The first kappa shape index (κ1) is 30.5. The van der Waals surface area contributed by atoms with Crippen molar-refractivity contribution in [3.8, 4) is 0 Å². The topological polar surface area (TPSA) is 129 Å². The predicted molar refractivity (Wildman–Crippen MR) is 157 cm³/mol. The number of aromatic nitrogens is 1. The van der Waals surface area contributed by atoms with Crippen molar-refractivity contribution in [2.45, 2.75) is 31.3 Å². The highest BCUT2D eigenvalue weighted by Crippen LogP contribution is 2.33. The van der Waals surface area contributed by atoms with Gasteiger partial charge in [-0.3, -0.25) is 38.8 Å². The highest BCUT2D eigenvalue weighted by Gasteiger charge is 2.47. The first-order valence-corrected chi connectivity index (χ1v) is 14.2. The van der Waals surface area contributed by atoms with Gasteiger partial charge in [-0.15, -0.1) is 0 Å². The zero-order valence-electron chi connectivity index (χ0n) is 24.4. The summed E-state index contributed by atoms with van der Waals surface area (Å²) in [6.07, 6.45) is 3.57. The van der Waals surface area contributed by atoms with Crippen LogP contribution in [0.15, 0.2) is 67.0 Å². The number of nitrogens with zero attached hydrogens (tertiary/aromatic N) is 4. The number of likely N-dealkylation sites (N-methyl/N-ethyl adjacent to an activating group) is 1. The maximum Gasteiger partial charge on any atom is 0.264 e. The third-order valence-corrected chi connectivity index (χ3v) is 7.87. The number of benzene rings is 2. The maximum absolute atomic E-state index is 13.6. The number of carbonyl (C=O) groups excluding carboxylic acids is 5. The number of piperidine rings is 1. The summed E-state index contributed by atoms with van der Waals surface area (Å²) in [5, 5.41) is 3.12. The van der Waals surface area contributed by atoms with E-state index in [2.05, 4.69) is 10.3 Å². The monoisotopic (exact) mass is 601 g/mol. The van der Waals surface area contributed by atoms with Crippen LogP contribution < -0.4 is 5.32 Å². The van der Waals surface area contributed by atoms with Crippen LogP contribution in [0.3, 0.4) is 0 Å². The molecule has 1 aromatic heterocycles. The fraction of sp³-hybridized carbons (Fsp3) is 0.312. The Morgan fingerprint density at radius 2 is 1.82 bits per heavy atom. The van der Waals surface area contributed by atoms with E-state index in [1.54, 1.807) is 54.7 Å². The highest BCUT2D eigenvalue weighted by atomic mass is 19.1. The number of rotatable bonds is 11. The highest BCUT2D eigenvalue weighted by molar-refractivity contribution is 6.25. The zero-order valence-corrected chi connectivity index (χ0v) is 24.4. The molecule has 0 bridgehead atoms. The van der Waals surface area contributed by atoms with Gasteiger partial charge in [0.05, 0.1) is 36.8 Å². The molecular weight excluding hydrogens is 569 g/mol. The molecule has 2 aromatic carbocycles. The number of anilines is 1. The second-order valence-electron chi connectivity index (χ2n) is 10.6. The van der Waals surface area contributed by atoms with E-state index in [-0.39, 0.29) is 67.8 Å². The summed E-state index contributed by atoms with van der Waals surface area (Å²) in [4.78, 5) is 71.7. The lowest BCUT2D eigenvalue weighted by Crippen LogP contribution is -2.54. The molecule has 3 heterocycles. The summed E-state index contributed by atoms with van der Waals surface area (Å²) in [6.45, 7) is 0.641. The molecule has 1 fully saturated rings. The van der Waals surface area contributed by atoms with E-state index < -0.39 is 29.8 Å². The fourth-order valence-corrected chi connectivity index (χ4v) is 5.53. The smallest absolute Gasteiger partial charge is 0.264 e. The molecule has 1 N–H and O–H groups in total. The normalized spacial score (nSPS) is 17.1. The molecule has 228 valence electrons. The van der Waals surface area contributed by atoms with Crippen molar-refractivity contribution in [1.82, 2.24) is 19.7 Å². The molecule has 1 saturated heterocycles. The number of amides is 5. The van der Waals surface area contributed by atoms with Gasteiger partial charge in [-0.2, -0.15) is 0 Å². The Hall–Kier alpha value is -4.97. The Kier molecular flexibility index (Phi) is 9.09. The Bertz CT molecular complexity index is 1580. The number of ether oxygens (including phenoxy) is 1. The molecule has 0 saturated carbocycles. The largest absolute Gasteiger partial charge is 0.382 e. The average Bonchev–Trinajstić information content (AvgIpc) is 3.29. The molecule has 2 aliphatic rings. The second kappa shape index (κ2) is 13.1. The van der Waals surface area contributed by atoms with Gasteiger partial charge in [0.25, 0.3) is 17.7 Å². The van der Waals surface area contributed by atoms with Crippen molar-refractivity contribution < 1.29 is 33.1 Å². The average molecular weight is 602 g/mol. The number of halogens is 1. The van der Waals surface area contributed by atoms with Gasteiger partial charge in [0.15, 0.2) is 0 Å². The summed E-state index contributed by atoms with van der Waals surface area (Å²) in [5.41, 5.74) is 2.32. The molecule has 44 heavy (non-hydrogen) atoms. The molecule has 5 rings (SSSR count). The van der Waals surface area contributed by atoms with Crippen LogP contribution in [0.1, 0.15) is 57.1 Å². The molecule has 0 radical (unpaired) electrons. The van der Waals surface area contributed by atoms with Gasteiger partial charge in [-0.05, 0) is 47.9 Å². The summed E-state index contributed by atoms with van der Waals surface area (Å²) in [7, 11) is 3.03. The van der Waals surface area contributed by atoms with Crippen LogP contribution in [-0.2, 0) is 19.1 Å². The second-order valence-corrected chi connectivity index (χ2v) is 10.6. The van der Waals surface area contributed by atoms with E-state index in [4.69, 9.17) is 4.74 Å². The van der Waals surface area contributed by atoms with Crippen LogP contribution in [0.4, 0.5) is 10.1 Å². The lowest BCUT2D eigenvalue weighted by molar-refractivity contribution is -0.149. The van der Waals surface area contributed by atoms with Gasteiger partial charge < -0.3 is 15.0 Å². The van der Waals surface area contributed by atoms with E-state index in [1.165, 1.54) is 25.2 Å². The van der Waals surface area contributed by atoms with Crippen LogP contribution >= 0.6 is 0 Å². The molecule has 11 nitrogen and oxygen atoms in total. The number of pyridine rings is 1. The van der Waals surface area contributed by atoms with E-state index in [0.29, 0.717) is 5.69 Å². The van der Waals surface area contributed by atoms with Crippen molar-refractivity contribution in [2.24, 2.45) is 0 Å². The molecule has 2 aliphatic heterocycles. The van der Waals surface area contributed by atoms with E-state index >= 15 is 0 Å². The standard InChI is InChI=1S/C32H32FN5O6/c1-36(29(21-5-4-15-34-19-21)20-8-10-22(33)11-9-20)27(40)14-17-44-18-16-35-24-7-3-6-23-28(24)32(43)38(30(23)41)25-12-13-26(39)37(2)31(25)42/h3-11,15,19,25,29,35H,12-14,16-18H2,1-2H3. The van der Waals surface area contributed by atoms with Gasteiger partial charge in [0.2, 0.25) is 11.8 Å². The van der Waals surface area contributed by atoms with Crippen molar-refractivity contribution >= 4 is 35.2 Å². The quantitative estimate of drug-likeness (QED) is 0.262. The SMILES string of the molecule is CN1C(=O)CCC(N2C(=O)c3cccc(NCCOCCC(=O)N(C)C(c4ccc(F)cc4)c4cccnc4)c3C2=O)C1=O. The predicted octanol–water partition coefficient (Wildman–Crippen LogP) is 3.03. The minimum Gasteiger partial charge on any atom is -0.382 e.